The van der Waals surface area contributed by atoms with Crippen LogP contribution in [-0.2, 0) is 11.3 Å². The van der Waals surface area contributed by atoms with Crippen molar-refractivity contribution in [1.29, 1.82) is 0 Å². The Hall–Kier alpha value is -2.49. The average Bonchev–Trinajstić information content (AvgIpc) is 2.97. The third-order valence-corrected chi connectivity index (χ3v) is 4.10. The van der Waals surface area contributed by atoms with Crippen LogP contribution in [0.2, 0.25) is 5.02 Å². The molecule has 154 valence electrons. The molecule has 0 amide bonds. The molecule has 0 fully saturated rings. The summed E-state index contributed by atoms with van der Waals surface area (Å²) in [5, 5.41) is 4.17. The second kappa shape index (κ2) is 8.68. The highest BCUT2D eigenvalue weighted by molar-refractivity contribution is 6.35. The first-order valence-corrected chi connectivity index (χ1v) is 8.72. The van der Waals surface area contributed by atoms with Gasteiger partial charge >= 0.3 is 12.1 Å². The van der Waals surface area contributed by atoms with Crippen molar-refractivity contribution < 1.29 is 32.2 Å². The normalized spacial score (nSPS) is 12.6. The molecule has 0 saturated carbocycles. The van der Waals surface area contributed by atoms with E-state index >= 15 is 0 Å². The molecule has 0 aliphatic heterocycles. The number of carbonyl (C=O) groups is 1. The molecule has 2 heterocycles. The van der Waals surface area contributed by atoms with Crippen LogP contribution in [0.4, 0.5) is 13.2 Å². The summed E-state index contributed by atoms with van der Waals surface area (Å²) in [6, 6.07) is 1.21. The number of halogens is 4. The van der Waals surface area contributed by atoms with E-state index in [0.29, 0.717) is 17.8 Å². The number of carbonyl (C=O) groups excluding carboxylic acids is 1. The van der Waals surface area contributed by atoms with Gasteiger partial charge in [-0.25, -0.2) is 9.78 Å². The van der Waals surface area contributed by atoms with Gasteiger partial charge in [0.2, 0.25) is 5.88 Å². The largest absolute Gasteiger partial charge is 0.496 e. The maximum absolute atomic E-state index is 12.7. The first kappa shape index (κ1) is 21.8. The van der Waals surface area contributed by atoms with E-state index in [2.05, 4.69) is 10.1 Å². The number of methoxy groups -OCH3 is 1. The van der Waals surface area contributed by atoms with Gasteiger partial charge in [-0.05, 0) is 20.8 Å². The topological polar surface area (TPSA) is 75.5 Å². The summed E-state index contributed by atoms with van der Waals surface area (Å²) in [5.41, 5.74) is 0.588. The molecule has 0 aromatic carbocycles. The molecular weight excluding hydrogens is 403 g/mol. The zero-order chi connectivity index (χ0) is 21.1. The van der Waals surface area contributed by atoms with E-state index in [1.54, 1.807) is 13.8 Å². The summed E-state index contributed by atoms with van der Waals surface area (Å²) in [6.45, 7) is 4.82. The van der Waals surface area contributed by atoms with Gasteiger partial charge in [0.25, 0.3) is 0 Å². The fourth-order valence-electron chi connectivity index (χ4n) is 2.33. The smallest absolute Gasteiger partial charge is 0.425 e. The molecule has 0 spiro atoms. The van der Waals surface area contributed by atoms with Crippen molar-refractivity contribution in [2.24, 2.45) is 0 Å². The number of esters is 1. The van der Waals surface area contributed by atoms with Gasteiger partial charge in [0.1, 0.15) is 10.8 Å². The SMILES string of the molecule is CCOC(=O)c1nn(CC)c(-c2cnc(O[C@H](C)C(F)(F)F)cc2OC)c1Cl. The second-order valence-electron chi connectivity index (χ2n) is 5.57. The Bertz CT molecular complexity index is 855. The van der Waals surface area contributed by atoms with Gasteiger partial charge in [-0.2, -0.15) is 18.3 Å². The molecule has 0 aliphatic rings. The summed E-state index contributed by atoms with van der Waals surface area (Å²) in [5.74, 6) is -0.798. The summed E-state index contributed by atoms with van der Waals surface area (Å²) >= 11 is 6.34. The van der Waals surface area contributed by atoms with E-state index in [0.717, 1.165) is 6.92 Å². The molecule has 0 saturated heterocycles. The Morgan fingerprint density at radius 3 is 2.57 bits per heavy atom. The predicted molar refractivity (Wildman–Crippen MR) is 94.8 cm³/mol. The van der Waals surface area contributed by atoms with Crippen LogP contribution in [0.5, 0.6) is 11.6 Å². The number of aromatic nitrogens is 3. The monoisotopic (exact) mass is 421 g/mol. The molecule has 28 heavy (non-hydrogen) atoms. The molecule has 2 aromatic heterocycles. The van der Waals surface area contributed by atoms with Gasteiger partial charge < -0.3 is 14.2 Å². The van der Waals surface area contributed by atoms with Crippen LogP contribution in [-0.4, -0.2) is 46.7 Å². The summed E-state index contributed by atoms with van der Waals surface area (Å²) < 4.78 is 54.6. The van der Waals surface area contributed by atoms with E-state index in [1.807, 2.05) is 0 Å². The van der Waals surface area contributed by atoms with Crippen LogP contribution in [0.15, 0.2) is 12.3 Å². The van der Waals surface area contributed by atoms with Crippen molar-refractivity contribution >= 4 is 17.6 Å². The highest BCUT2D eigenvalue weighted by atomic mass is 35.5. The fraction of sp³-hybridized carbons (Fsp3) is 0.471. The van der Waals surface area contributed by atoms with Crippen molar-refractivity contribution in [2.45, 2.75) is 39.6 Å². The lowest BCUT2D eigenvalue weighted by molar-refractivity contribution is -0.190. The number of rotatable bonds is 7. The number of aryl methyl sites for hydroxylation is 1. The third-order valence-electron chi connectivity index (χ3n) is 3.74. The molecule has 0 radical (unpaired) electrons. The molecule has 0 bridgehead atoms. The minimum Gasteiger partial charge on any atom is -0.496 e. The maximum atomic E-state index is 12.7. The second-order valence-corrected chi connectivity index (χ2v) is 5.95. The number of nitrogens with zero attached hydrogens (tertiary/aromatic N) is 3. The van der Waals surface area contributed by atoms with E-state index in [-0.39, 0.29) is 29.0 Å². The first-order valence-electron chi connectivity index (χ1n) is 8.35. The van der Waals surface area contributed by atoms with Gasteiger partial charge in [-0.3, -0.25) is 4.68 Å². The molecule has 2 aromatic rings. The van der Waals surface area contributed by atoms with Crippen molar-refractivity contribution in [3.63, 3.8) is 0 Å². The molecular formula is C17H19ClF3N3O4. The number of hydrogen-bond acceptors (Lipinski definition) is 6. The first-order chi connectivity index (χ1) is 13.1. The Labute approximate surface area is 164 Å². The van der Waals surface area contributed by atoms with Crippen molar-refractivity contribution in [3.05, 3.63) is 23.0 Å². The van der Waals surface area contributed by atoms with Crippen LogP contribution in [0.25, 0.3) is 11.3 Å². The van der Waals surface area contributed by atoms with Gasteiger partial charge in [-0.1, -0.05) is 11.6 Å². The third kappa shape index (κ3) is 4.49. The lowest BCUT2D eigenvalue weighted by atomic mass is 10.1. The van der Waals surface area contributed by atoms with Gasteiger partial charge in [0.05, 0.1) is 25.0 Å². The number of pyridine rings is 1. The molecule has 1 atom stereocenters. The summed E-state index contributed by atoms with van der Waals surface area (Å²) in [4.78, 5) is 16.0. The quantitative estimate of drug-likeness (QED) is 0.626. The van der Waals surface area contributed by atoms with Gasteiger partial charge in [-0.15, -0.1) is 0 Å². The van der Waals surface area contributed by atoms with E-state index in [9.17, 15) is 18.0 Å². The highest BCUT2D eigenvalue weighted by Crippen LogP contribution is 2.38. The summed E-state index contributed by atoms with van der Waals surface area (Å²) in [7, 11) is 1.34. The number of ether oxygens (including phenoxy) is 3. The molecule has 0 N–H and O–H groups in total. The minimum absolute atomic E-state index is 0.0257. The Kier molecular flexibility index (Phi) is 6.76. The summed E-state index contributed by atoms with van der Waals surface area (Å²) in [6.07, 6.45) is -5.33. The molecule has 7 nitrogen and oxygen atoms in total. The molecule has 2 rings (SSSR count). The van der Waals surface area contributed by atoms with Crippen LogP contribution < -0.4 is 9.47 Å². The zero-order valence-corrected chi connectivity index (χ0v) is 16.4. The standard InChI is InChI=1S/C17H19ClF3N3O4/c1-5-24-15(13(18)14(23-24)16(25)27-6-2)10-8-22-12(7-11(10)26-4)28-9(3)17(19,20)21/h7-9H,5-6H2,1-4H3/t9-/m1/s1. The van der Waals surface area contributed by atoms with Crippen LogP contribution in [0.3, 0.4) is 0 Å². The maximum Gasteiger partial charge on any atom is 0.425 e. The number of alkyl halides is 3. The van der Waals surface area contributed by atoms with Crippen molar-refractivity contribution in [2.75, 3.05) is 13.7 Å². The van der Waals surface area contributed by atoms with E-state index in [4.69, 9.17) is 25.8 Å². The van der Waals surface area contributed by atoms with E-state index < -0.39 is 18.2 Å². The van der Waals surface area contributed by atoms with Crippen molar-refractivity contribution in [3.8, 4) is 22.9 Å². The highest BCUT2D eigenvalue weighted by Gasteiger charge is 2.38. The predicted octanol–water partition coefficient (Wildman–Crippen LogP) is 4.13. The van der Waals surface area contributed by atoms with Gasteiger partial charge in [0, 0.05) is 18.8 Å². The van der Waals surface area contributed by atoms with Crippen LogP contribution in [0, 0.1) is 0 Å². The number of hydrogen-bond donors (Lipinski definition) is 0. The van der Waals surface area contributed by atoms with Crippen LogP contribution >= 0.6 is 11.6 Å². The van der Waals surface area contributed by atoms with Crippen molar-refractivity contribution in [1.82, 2.24) is 14.8 Å². The minimum atomic E-state index is -4.54. The molecule has 11 heteroatoms. The Morgan fingerprint density at radius 2 is 2.04 bits per heavy atom. The van der Waals surface area contributed by atoms with E-state index in [1.165, 1.54) is 24.1 Å². The molecule has 0 unspecified atom stereocenters. The molecule has 0 aliphatic carbocycles. The van der Waals surface area contributed by atoms with Gasteiger partial charge in [0.15, 0.2) is 11.8 Å². The lowest BCUT2D eigenvalue weighted by Crippen LogP contribution is -2.31. The fourth-order valence-corrected chi connectivity index (χ4v) is 2.65. The Balaban J connectivity index is 2.49. The lowest BCUT2D eigenvalue weighted by Gasteiger charge is -2.18. The zero-order valence-electron chi connectivity index (χ0n) is 15.6. The Morgan fingerprint density at radius 1 is 1.36 bits per heavy atom. The average molecular weight is 422 g/mol. The van der Waals surface area contributed by atoms with Crippen LogP contribution in [0.1, 0.15) is 31.3 Å².